The van der Waals surface area contributed by atoms with Gasteiger partial charge in [0.1, 0.15) is 0 Å². The van der Waals surface area contributed by atoms with Crippen molar-refractivity contribution in [3.05, 3.63) is 90.5 Å². The summed E-state index contributed by atoms with van der Waals surface area (Å²) in [7, 11) is -1.78. The zero-order valence-corrected chi connectivity index (χ0v) is 24.7. The van der Waals surface area contributed by atoms with Crippen molar-refractivity contribution in [3.8, 4) is 11.3 Å². The Morgan fingerprint density at radius 3 is 2.22 bits per heavy atom. The quantitative estimate of drug-likeness (QED) is 0.244. The Balaban J connectivity index is 1.24. The molecular formula is C33H39N3O4S. The minimum atomic E-state index is -3.73. The molecule has 1 atom stereocenters. The van der Waals surface area contributed by atoms with Crippen LogP contribution in [0.3, 0.4) is 0 Å². The van der Waals surface area contributed by atoms with Crippen molar-refractivity contribution >= 4 is 26.8 Å². The first-order valence-corrected chi connectivity index (χ1v) is 15.7. The standard InChI is InChI=1S/C33H39N3O4S/c1-33(2,22-37)31(24-12-8-5-9-13-24)34-32(38)25-14-17-27(18-15-25)35-41(39,40)28-19-16-26-20-29(36(3)30(26)21-28)23-10-6-4-7-11-23/h4-13,16,19-21,25,27,31,35,37H,14-15,17-18,22H2,1-3H3,(H,34,38)/t25?,27?,31-/m0/s1. The van der Waals surface area contributed by atoms with Crippen molar-refractivity contribution in [1.29, 1.82) is 0 Å². The molecule has 0 unspecified atom stereocenters. The number of fused-ring (bicyclic) bond motifs is 1. The average molecular weight is 574 g/mol. The molecule has 1 aromatic heterocycles. The van der Waals surface area contributed by atoms with Gasteiger partial charge in [-0.25, -0.2) is 13.1 Å². The third kappa shape index (κ3) is 6.25. The van der Waals surface area contributed by atoms with Gasteiger partial charge in [-0.3, -0.25) is 4.79 Å². The molecule has 1 fully saturated rings. The molecule has 0 aliphatic heterocycles. The van der Waals surface area contributed by atoms with Crippen LogP contribution in [0.5, 0.6) is 0 Å². The molecular weight excluding hydrogens is 534 g/mol. The molecule has 0 radical (unpaired) electrons. The van der Waals surface area contributed by atoms with Gasteiger partial charge in [-0.1, -0.05) is 80.6 Å². The second-order valence-electron chi connectivity index (χ2n) is 11.8. The maximum Gasteiger partial charge on any atom is 0.240 e. The highest BCUT2D eigenvalue weighted by Crippen LogP contribution is 2.35. The van der Waals surface area contributed by atoms with Gasteiger partial charge in [0.25, 0.3) is 0 Å². The molecule has 1 aliphatic rings. The number of sulfonamides is 1. The van der Waals surface area contributed by atoms with Gasteiger partial charge in [-0.15, -0.1) is 0 Å². The van der Waals surface area contributed by atoms with Crippen LogP contribution < -0.4 is 10.0 Å². The van der Waals surface area contributed by atoms with Gasteiger partial charge in [0, 0.05) is 41.0 Å². The third-order valence-corrected chi connectivity index (χ3v) is 9.94. The van der Waals surface area contributed by atoms with E-state index in [9.17, 15) is 18.3 Å². The molecule has 1 amide bonds. The Bertz CT molecular complexity index is 1610. The summed E-state index contributed by atoms with van der Waals surface area (Å²) in [5.41, 5.74) is 3.37. The van der Waals surface area contributed by atoms with E-state index >= 15 is 0 Å². The van der Waals surface area contributed by atoms with Crippen molar-refractivity contribution in [3.63, 3.8) is 0 Å². The zero-order valence-electron chi connectivity index (χ0n) is 23.9. The molecule has 216 valence electrons. The lowest BCUT2D eigenvalue weighted by molar-refractivity contribution is -0.128. The van der Waals surface area contributed by atoms with Crippen LogP contribution in [0, 0.1) is 11.3 Å². The third-order valence-electron chi connectivity index (χ3n) is 8.42. The number of aliphatic hydroxyl groups excluding tert-OH is 1. The summed E-state index contributed by atoms with van der Waals surface area (Å²) in [6, 6.07) is 26.5. The van der Waals surface area contributed by atoms with Crippen LogP contribution in [-0.4, -0.2) is 36.6 Å². The van der Waals surface area contributed by atoms with Crippen LogP contribution in [0.2, 0.25) is 0 Å². The first kappa shape index (κ1) is 29.0. The Morgan fingerprint density at radius 1 is 0.951 bits per heavy atom. The van der Waals surface area contributed by atoms with Crippen molar-refractivity contribution in [1.82, 2.24) is 14.6 Å². The SMILES string of the molecule is Cn1c(-c2ccccc2)cc2ccc(S(=O)(=O)NC3CCC(C(=O)N[C@@H](c4ccccc4)C(C)(C)CO)CC3)cc21. The van der Waals surface area contributed by atoms with Gasteiger partial charge in [0.2, 0.25) is 15.9 Å². The second kappa shape index (κ2) is 11.8. The molecule has 41 heavy (non-hydrogen) atoms. The molecule has 0 spiro atoms. The Hall–Kier alpha value is -3.46. The zero-order chi connectivity index (χ0) is 29.2. The first-order valence-electron chi connectivity index (χ1n) is 14.2. The number of carbonyl (C=O) groups is 1. The summed E-state index contributed by atoms with van der Waals surface area (Å²) in [5.74, 6) is -0.252. The topological polar surface area (TPSA) is 100 Å². The number of nitrogens with one attached hydrogen (secondary N) is 2. The number of aryl methyl sites for hydroxylation is 1. The fourth-order valence-corrected chi connectivity index (χ4v) is 7.18. The molecule has 8 heteroatoms. The van der Waals surface area contributed by atoms with Gasteiger partial charge in [0.15, 0.2) is 0 Å². The summed E-state index contributed by atoms with van der Waals surface area (Å²) in [5, 5.41) is 14.2. The first-order chi connectivity index (χ1) is 19.6. The highest BCUT2D eigenvalue weighted by molar-refractivity contribution is 7.89. The van der Waals surface area contributed by atoms with Crippen LogP contribution in [0.25, 0.3) is 22.2 Å². The van der Waals surface area contributed by atoms with E-state index in [-0.39, 0.29) is 35.4 Å². The molecule has 4 aromatic rings. The molecule has 1 heterocycles. The molecule has 0 saturated heterocycles. The summed E-state index contributed by atoms with van der Waals surface area (Å²) >= 11 is 0. The molecule has 0 bridgehead atoms. The number of amides is 1. The highest BCUT2D eigenvalue weighted by Gasteiger charge is 2.35. The monoisotopic (exact) mass is 573 g/mol. The number of carbonyl (C=O) groups excluding carboxylic acids is 1. The van der Waals surface area contributed by atoms with Crippen molar-refractivity contribution in [2.45, 2.75) is 56.5 Å². The smallest absolute Gasteiger partial charge is 0.240 e. The average Bonchev–Trinajstić information content (AvgIpc) is 3.32. The lowest BCUT2D eigenvalue weighted by Gasteiger charge is -2.36. The van der Waals surface area contributed by atoms with Crippen LogP contribution in [-0.2, 0) is 21.9 Å². The number of benzene rings is 3. The largest absolute Gasteiger partial charge is 0.396 e. The number of nitrogens with zero attached hydrogens (tertiary/aromatic N) is 1. The van der Waals surface area contributed by atoms with Gasteiger partial charge < -0.3 is 15.0 Å². The Labute approximate surface area is 242 Å². The molecule has 1 aliphatic carbocycles. The van der Waals surface area contributed by atoms with Crippen molar-refractivity contribution in [2.75, 3.05) is 6.61 Å². The van der Waals surface area contributed by atoms with Crippen LogP contribution in [0.1, 0.15) is 51.1 Å². The van der Waals surface area contributed by atoms with E-state index < -0.39 is 15.4 Å². The maximum absolute atomic E-state index is 13.4. The number of aromatic nitrogens is 1. The number of hydrogen-bond donors (Lipinski definition) is 3. The predicted octanol–water partition coefficient (Wildman–Crippen LogP) is 5.56. The lowest BCUT2D eigenvalue weighted by Crippen LogP contribution is -2.45. The van der Waals surface area contributed by atoms with Crippen LogP contribution in [0.4, 0.5) is 0 Å². The predicted molar refractivity (Wildman–Crippen MR) is 163 cm³/mol. The van der Waals surface area contributed by atoms with Gasteiger partial charge in [-0.2, -0.15) is 0 Å². The summed E-state index contributed by atoms with van der Waals surface area (Å²) in [4.78, 5) is 13.5. The molecule has 5 rings (SSSR count). The lowest BCUT2D eigenvalue weighted by atomic mass is 9.80. The van der Waals surface area contributed by atoms with Crippen LogP contribution >= 0.6 is 0 Å². The molecule has 3 aromatic carbocycles. The molecule has 3 N–H and O–H groups in total. The number of rotatable bonds is 9. The molecule has 1 saturated carbocycles. The van der Waals surface area contributed by atoms with E-state index in [1.807, 2.05) is 92.2 Å². The fraction of sp³-hybridized carbons (Fsp3) is 0.364. The van der Waals surface area contributed by atoms with Crippen LogP contribution in [0.15, 0.2) is 89.8 Å². The summed E-state index contributed by atoms with van der Waals surface area (Å²) < 4.78 is 31.7. The second-order valence-corrected chi connectivity index (χ2v) is 13.6. The van der Waals surface area contributed by atoms with E-state index in [0.29, 0.717) is 25.7 Å². The number of hydrogen-bond acceptors (Lipinski definition) is 4. The minimum absolute atomic E-state index is 0.0509. The summed E-state index contributed by atoms with van der Waals surface area (Å²) in [6.45, 7) is 3.81. The Morgan fingerprint density at radius 2 is 1.59 bits per heavy atom. The van der Waals surface area contributed by atoms with Gasteiger partial charge in [-0.05, 0) is 55.0 Å². The molecule has 7 nitrogen and oxygen atoms in total. The number of aliphatic hydroxyl groups is 1. The van der Waals surface area contributed by atoms with Crippen molar-refractivity contribution < 1.29 is 18.3 Å². The maximum atomic E-state index is 13.4. The van der Waals surface area contributed by atoms with E-state index in [4.69, 9.17) is 0 Å². The highest BCUT2D eigenvalue weighted by atomic mass is 32.2. The van der Waals surface area contributed by atoms with E-state index in [2.05, 4.69) is 16.1 Å². The van der Waals surface area contributed by atoms with Crippen molar-refractivity contribution in [2.24, 2.45) is 18.4 Å². The summed E-state index contributed by atoms with van der Waals surface area (Å²) in [6.07, 6.45) is 2.36. The van der Waals surface area contributed by atoms with E-state index in [1.165, 1.54) is 0 Å². The van der Waals surface area contributed by atoms with E-state index in [1.54, 1.807) is 12.1 Å². The Kier molecular flexibility index (Phi) is 8.36. The fourth-order valence-electron chi connectivity index (χ4n) is 5.85. The van der Waals surface area contributed by atoms with Gasteiger partial charge >= 0.3 is 0 Å². The van der Waals surface area contributed by atoms with Gasteiger partial charge in [0.05, 0.1) is 17.5 Å². The normalized spacial score (nSPS) is 18.7. The minimum Gasteiger partial charge on any atom is -0.396 e. The van der Waals surface area contributed by atoms with E-state index in [0.717, 1.165) is 27.7 Å².